The van der Waals surface area contributed by atoms with Crippen LogP contribution in [0.5, 0.6) is 0 Å². The standard InChI is InChI=1S/C26H29FN2O3/c1-3-22(26(31)32)29-23-11-9-18(27)14-20(23)21-15-19(10-12-24(21)29)28-25(30)13-16(2)17-7-5-4-6-8-17/h4-9,11,14,16,19,22H,3,10,12-13,15H2,1-2H3,(H,28,30)(H,31,32)/t16-,19?,22?/m0/s1. The number of hydrogen-bond acceptors (Lipinski definition) is 2. The molecular weight excluding hydrogens is 407 g/mol. The predicted octanol–water partition coefficient (Wildman–Crippen LogP) is 4.98. The zero-order chi connectivity index (χ0) is 22.8. The average Bonchev–Trinajstić information content (AvgIpc) is 3.07. The Morgan fingerprint density at radius 1 is 1.22 bits per heavy atom. The van der Waals surface area contributed by atoms with E-state index in [1.54, 1.807) is 6.07 Å². The van der Waals surface area contributed by atoms with Crippen molar-refractivity contribution in [3.8, 4) is 0 Å². The molecule has 32 heavy (non-hydrogen) atoms. The monoisotopic (exact) mass is 436 g/mol. The molecule has 3 aromatic rings. The van der Waals surface area contributed by atoms with Crippen LogP contribution in [0.4, 0.5) is 4.39 Å². The van der Waals surface area contributed by atoms with Gasteiger partial charge in [0.15, 0.2) is 0 Å². The highest BCUT2D eigenvalue weighted by atomic mass is 19.1. The molecule has 2 unspecified atom stereocenters. The number of carboxylic acid groups (broad SMARTS) is 1. The molecule has 2 N–H and O–H groups in total. The Labute approximate surface area is 187 Å². The second-order valence-corrected chi connectivity index (χ2v) is 8.74. The quantitative estimate of drug-likeness (QED) is 0.549. The normalized spacial score (nSPS) is 17.5. The van der Waals surface area contributed by atoms with Gasteiger partial charge in [-0.05, 0) is 60.9 Å². The third-order valence-electron chi connectivity index (χ3n) is 6.57. The van der Waals surface area contributed by atoms with Gasteiger partial charge in [0.05, 0.1) is 0 Å². The van der Waals surface area contributed by atoms with Crippen LogP contribution in [0, 0.1) is 5.82 Å². The molecule has 1 heterocycles. The van der Waals surface area contributed by atoms with Gasteiger partial charge in [-0.3, -0.25) is 4.79 Å². The molecular formula is C26H29FN2O3. The number of nitrogens with one attached hydrogen (secondary N) is 1. The fourth-order valence-electron chi connectivity index (χ4n) is 4.98. The molecule has 0 saturated heterocycles. The van der Waals surface area contributed by atoms with E-state index in [1.807, 2.05) is 48.7 Å². The number of halogens is 1. The third kappa shape index (κ3) is 4.27. The maximum atomic E-state index is 14.1. The van der Waals surface area contributed by atoms with Crippen LogP contribution in [0.2, 0.25) is 0 Å². The van der Waals surface area contributed by atoms with E-state index in [0.29, 0.717) is 25.7 Å². The molecule has 0 aliphatic heterocycles. The first-order valence-electron chi connectivity index (χ1n) is 11.3. The molecule has 1 amide bonds. The van der Waals surface area contributed by atoms with Crippen LogP contribution in [-0.2, 0) is 22.4 Å². The van der Waals surface area contributed by atoms with Gasteiger partial charge in [-0.15, -0.1) is 0 Å². The fraction of sp³-hybridized carbons (Fsp3) is 0.385. The number of carbonyl (C=O) groups excluding carboxylic acids is 1. The summed E-state index contributed by atoms with van der Waals surface area (Å²) in [4.78, 5) is 24.6. The first-order valence-corrected chi connectivity index (χ1v) is 11.3. The molecule has 6 heteroatoms. The van der Waals surface area contributed by atoms with Crippen LogP contribution in [-0.4, -0.2) is 27.6 Å². The van der Waals surface area contributed by atoms with E-state index in [1.165, 1.54) is 12.1 Å². The number of fused-ring (bicyclic) bond motifs is 3. The third-order valence-corrected chi connectivity index (χ3v) is 6.57. The molecule has 1 aromatic heterocycles. The van der Waals surface area contributed by atoms with Gasteiger partial charge >= 0.3 is 5.97 Å². The SMILES string of the molecule is CCC(C(=O)O)n1c2c(c3cc(F)ccc31)CC(NC(=O)C[C@H](C)c1ccccc1)CC2. The van der Waals surface area contributed by atoms with Gasteiger partial charge in [0, 0.05) is 29.1 Å². The van der Waals surface area contributed by atoms with Crippen molar-refractivity contribution in [3.63, 3.8) is 0 Å². The summed E-state index contributed by atoms with van der Waals surface area (Å²) >= 11 is 0. The summed E-state index contributed by atoms with van der Waals surface area (Å²) in [5, 5.41) is 13.7. The molecule has 0 saturated carbocycles. The Balaban J connectivity index is 1.57. The van der Waals surface area contributed by atoms with Crippen LogP contribution in [0.1, 0.15) is 61.9 Å². The van der Waals surface area contributed by atoms with E-state index in [2.05, 4.69) is 5.32 Å². The van der Waals surface area contributed by atoms with E-state index >= 15 is 0 Å². The second-order valence-electron chi connectivity index (χ2n) is 8.74. The molecule has 168 valence electrons. The lowest BCUT2D eigenvalue weighted by molar-refractivity contribution is -0.141. The smallest absolute Gasteiger partial charge is 0.326 e. The van der Waals surface area contributed by atoms with Gasteiger partial charge in [-0.25, -0.2) is 9.18 Å². The molecule has 2 aromatic carbocycles. The average molecular weight is 437 g/mol. The zero-order valence-corrected chi connectivity index (χ0v) is 18.5. The number of amides is 1. The summed E-state index contributed by atoms with van der Waals surface area (Å²) in [7, 11) is 0. The van der Waals surface area contributed by atoms with Gasteiger partial charge in [0.1, 0.15) is 11.9 Å². The van der Waals surface area contributed by atoms with Crippen molar-refractivity contribution >= 4 is 22.8 Å². The number of benzene rings is 2. The molecule has 0 spiro atoms. The number of hydrogen-bond donors (Lipinski definition) is 2. The summed E-state index contributed by atoms with van der Waals surface area (Å²) in [6.45, 7) is 3.89. The van der Waals surface area contributed by atoms with E-state index in [9.17, 15) is 19.1 Å². The van der Waals surface area contributed by atoms with Crippen molar-refractivity contribution in [2.75, 3.05) is 0 Å². The Kier molecular flexibility index (Phi) is 6.31. The number of aromatic nitrogens is 1. The number of carbonyl (C=O) groups is 2. The van der Waals surface area contributed by atoms with Gasteiger partial charge in [0.25, 0.3) is 0 Å². The fourth-order valence-corrected chi connectivity index (χ4v) is 4.98. The van der Waals surface area contributed by atoms with Crippen molar-refractivity contribution in [3.05, 3.63) is 71.2 Å². The Morgan fingerprint density at radius 2 is 1.97 bits per heavy atom. The van der Waals surface area contributed by atoms with Gasteiger partial charge < -0.3 is 15.0 Å². The van der Waals surface area contributed by atoms with Gasteiger partial charge in [-0.1, -0.05) is 44.2 Å². The topological polar surface area (TPSA) is 71.3 Å². The Morgan fingerprint density at radius 3 is 2.66 bits per heavy atom. The van der Waals surface area contributed by atoms with Crippen molar-refractivity contribution < 1.29 is 19.1 Å². The zero-order valence-electron chi connectivity index (χ0n) is 18.5. The lowest BCUT2D eigenvalue weighted by atomic mass is 9.90. The number of carboxylic acids is 1. The van der Waals surface area contributed by atoms with E-state index in [4.69, 9.17) is 0 Å². The number of aliphatic carboxylic acids is 1. The van der Waals surface area contributed by atoms with Crippen LogP contribution in [0.3, 0.4) is 0 Å². The molecule has 0 radical (unpaired) electrons. The van der Waals surface area contributed by atoms with E-state index in [0.717, 1.165) is 34.1 Å². The molecule has 0 fully saturated rings. The highest BCUT2D eigenvalue weighted by molar-refractivity contribution is 5.88. The highest BCUT2D eigenvalue weighted by Gasteiger charge is 2.31. The van der Waals surface area contributed by atoms with Crippen LogP contribution in [0.15, 0.2) is 48.5 Å². The molecule has 1 aliphatic carbocycles. The predicted molar refractivity (Wildman–Crippen MR) is 122 cm³/mol. The molecule has 4 rings (SSSR count). The number of rotatable bonds is 7. The molecule has 0 bridgehead atoms. The van der Waals surface area contributed by atoms with Crippen molar-refractivity contribution in [2.45, 2.75) is 64.0 Å². The maximum Gasteiger partial charge on any atom is 0.326 e. The largest absolute Gasteiger partial charge is 0.480 e. The first-order chi connectivity index (χ1) is 15.4. The minimum Gasteiger partial charge on any atom is -0.480 e. The summed E-state index contributed by atoms with van der Waals surface area (Å²) in [5.74, 6) is -1.11. The van der Waals surface area contributed by atoms with E-state index < -0.39 is 12.0 Å². The van der Waals surface area contributed by atoms with Crippen molar-refractivity contribution in [1.82, 2.24) is 9.88 Å². The minimum atomic E-state index is -0.887. The highest BCUT2D eigenvalue weighted by Crippen LogP contribution is 2.36. The molecule has 1 aliphatic rings. The van der Waals surface area contributed by atoms with Gasteiger partial charge in [0.2, 0.25) is 5.91 Å². The van der Waals surface area contributed by atoms with Crippen molar-refractivity contribution in [1.29, 1.82) is 0 Å². The molecule has 5 nitrogen and oxygen atoms in total. The summed E-state index contributed by atoms with van der Waals surface area (Å²) in [5.41, 5.74) is 3.77. The first kappa shape index (κ1) is 22.1. The Bertz CT molecular complexity index is 1140. The van der Waals surface area contributed by atoms with Crippen LogP contribution in [0.25, 0.3) is 10.9 Å². The number of nitrogens with zero attached hydrogens (tertiary/aromatic N) is 1. The lowest BCUT2D eigenvalue weighted by Crippen LogP contribution is -2.39. The van der Waals surface area contributed by atoms with Crippen LogP contribution < -0.4 is 5.32 Å². The van der Waals surface area contributed by atoms with Gasteiger partial charge in [-0.2, -0.15) is 0 Å². The summed E-state index contributed by atoms with van der Waals surface area (Å²) in [6, 6.07) is 13.8. The summed E-state index contributed by atoms with van der Waals surface area (Å²) < 4.78 is 15.9. The minimum absolute atomic E-state index is 0.00157. The maximum absolute atomic E-state index is 14.1. The molecule has 3 atom stereocenters. The summed E-state index contributed by atoms with van der Waals surface area (Å²) in [6.07, 6.45) is 2.80. The Hall–Kier alpha value is -3.15. The van der Waals surface area contributed by atoms with Crippen LogP contribution >= 0.6 is 0 Å². The van der Waals surface area contributed by atoms with E-state index in [-0.39, 0.29) is 23.7 Å². The lowest BCUT2D eigenvalue weighted by Gasteiger charge is -2.27. The van der Waals surface area contributed by atoms with Crippen molar-refractivity contribution in [2.24, 2.45) is 0 Å². The second kappa shape index (κ2) is 9.15.